The molecule has 0 bridgehead atoms. The van der Waals surface area contributed by atoms with Gasteiger partial charge in [0.1, 0.15) is 5.75 Å². The van der Waals surface area contributed by atoms with Gasteiger partial charge in [-0.1, -0.05) is 0 Å². The zero-order valence-corrected chi connectivity index (χ0v) is 9.51. The van der Waals surface area contributed by atoms with Crippen molar-refractivity contribution < 1.29 is 9.53 Å². The van der Waals surface area contributed by atoms with E-state index in [2.05, 4.69) is 26.6 Å². The van der Waals surface area contributed by atoms with Gasteiger partial charge in [-0.05, 0) is 34.1 Å². The maximum absolute atomic E-state index is 11.0. The van der Waals surface area contributed by atoms with Gasteiger partial charge in [-0.15, -0.1) is 0 Å². The predicted octanol–water partition coefficient (Wildman–Crippen LogP) is 2.21. The number of nitrogens with one attached hydrogen (secondary N) is 2. The molecule has 0 atom stereocenters. The van der Waals surface area contributed by atoms with Gasteiger partial charge in [0.05, 0.1) is 11.6 Å². The average Bonchev–Trinajstić information content (AvgIpc) is 2.18. The molecular formula is C9H11BrN2O2. The number of hydrogen-bond acceptors (Lipinski definition) is 2. The van der Waals surface area contributed by atoms with E-state index in [4.69, 9.17) is 4.74 Å². The van der Waals surface area contributed by atoms with Crippen molar-refractivity contribution in [2.45, 2.75) is 0 Å². The van der Waals surface area contributed by atoms with Crippen LogP contribution in [0.3, 0.4) is 0 Å². The van der Waals surface area contributed by atoms with Crippen LogP contribution >= 0.6 is 15.9 Å². The first kappa shape index (κ1) is 10.8. The summed E-state index contributed by atoms with van der Waals surface area (Å²) in [5.74, 6) is 0.729. The number of amides is 2. The van der Waals surface area contributed by atoms with Gasteiger partial charge < -0.3 is 15.4 Å². The van der Waals surface area contributed by atoms with E-state index in [1.165, 1.54) is 0 Å². The van der Waals surface area contributed by atoms with Crippen molar-refractivity contribution in [3.05, 3.63) is 22.7 Å². The van der Waals surface area contributed by atoms with Crippen LogP contribution in [0.5, 0.6) is 5.75 Å². The Morgan fingerprint density at radius 3 is 2.71 bits per heavy atom. The SMILES string of the molecule is CNC(=O)Nc1ccc(OC)c(Br)c1. The van der Waals surface area contributed by atoms with Crippen molar-refractivity contribution >= 4 is 27.6 Å². The zero-order chi connectivity index (χ0) is 10.6. The highest BCUT2D eigenvalue weighted by molar-refractivity contribution is 9.10. The minimum absolute atomic E-state index is 0.248. The van der Waals surface area contributed by atoms with Crippen LogP contribution in [0.15, 0.2) is 22.7 Å². The summed E-state index contributed by atoms with van der Waals surface area (Å²) in [6, 6.07) is 5.06. The normalized spacial score (nSPS) is 9.36. The van der Waals surface area contributed by atoms with Crippen LogP contribution in [0.1, 0.15) is 0 Å². The molecule has 0 saturated heterocycles. The Hall–Kier alpha value is -1.23. The van der Waals surface area contributed by atoms with E-state index in [1.807, 2.05) is 0 Å². The molecule has 0 aliphatic heterocycles. The zero-order valence-electron chi connectivity index (χ0n) is 7.93. The molecular weight excluding hydrogens is 248 g/mol. The van der Waals surface area contributed by atoms with Crippen LogP contribution in [0.2, 0.25) is 0 Å². The second-order valence-corrected chi connectivity index (χ2v) is 3.41. The van der Waals surface area contributed by atoms with E-state index in [0.29, 0.717) is 5.69 Å². The van der Waals surface area contributed by atoms with Gasteiger partial charge in [0, 0.05) is 12.7 Å². The van der Waals surface area contributed by atoms with Crippen molar-refractivity contribution in [1.82, 2.24) is 5.32 Å². The molecule has 0 unspecified atom stereocenters. The van der Waals surface area contributed by atoms with Crippen LogP contribution in [0.4, 0.5) is 10.5 Å². The quantitative estimate of drug-likeness (QED) is 0.855. The third-order valence-corrected chi connectivity index (χ3v) is 2.26. The molecule has 0 aromatic heterocycles. The van der Waals surface area contributed by atoms with Crippen LogP contribution in [-0.4, -0.2) is 20.2 Å². The molecule has 76 valence electrons. The van der Waals surface area contributed by atoms with Gasteiger partial charge in [0.25, 0.3) is 0 Å². The fourth-order valence-corrected chi connectivity index (χ4v) is 1.48. The number of hydrogen-bond donors (Lipinski definition) is 2. The number of methoxy groups -OCH3 is 1. The molecule has 1 aromatic rings. The fourth-order valence-electron chi connectivity index (χ4n) is 0.938. The summed E-state index contributed by atoms with van der Waals surface area (Å²) in [7, 11) is 3.15. The molecule has 0 aliphatic rings. The third kappa shape index (κ3) is 2.63. The molecule has 0 radical (unpaired) electrons. The maximum Gasteiger partial charge on any atom is 0.318 e. The molecule has 1 aromatic carbocycles. The lowest BCUT2D eigenvalue weighted by molar-refractivity contribution is 0.254. The first-order chi connectivity index (χ1) is 6.67. The summed E-state index contributed by atoms with van der Waals surface area (Å²) in [5, 5.41) is 5.11. The molecule has 5 heteroatoms. The standard InChI is InChI=1S/C9H11BrN2O2/c1-11-9(13)12-6-3-4-8(14-2)7(10)5-6/h3-5H,1-2H3,(H2,11,12,13). The Bertz CT molecular complexity index is 342. The van der Waals surface area contributed by atoms with E-state index in [0.717, 1.165) is 10.2 Å². The summed E-state index contributed by atoms with van der Waals surface area (Å²) in [6.07, 6.45) is 0. The highest BCUT2D eigenvalue weighted by Gasteiger charge is 2.02. The van der Waals surface area contributed by atoms with Gasteiger partial charge in [0.2, 0.25) is 0 Å². The fraction of sp³-hybridized carbons (Fsp3) is 0.222. The number of carbonyl (C=O) groups is 1. The van der Waals surface area contributed by atoms with Crippen molar-refractivity contribution in [1.29, 1.82) is 0 Å². The number of rotatable bonds is 2. The van der Waals surface area contributed by atoms with Crippen molar-refractivity contribution in [3.63, 3.8) is 0 Å². The summed E-state index contributed by atoms with van der Waals surface area (Å²) < 4.78 is 5.86. The Morgan fingerprint density at radius 2 is 2.21 bits per heavy atom. The van der Waals surface area contributed by atoms with E-state index in [-0.39, 0.29) is 6.03 Å². The van der Waals surface area contributed by atoms with E-state index in [1.54, 1.807) is 32.4 Å². The Labute approximate surface area is 90.8 Å². The van der Waals surface area contributed by atoms with E-state index >= 15 is 0 Å². The van der Waals surface area contributed by atoms with Crippen molar-refractivity contribution in [2.75, 3.05) is 19.5 Å². The Kier molecular flexibility index (Phi) is 3.76. The summed E-state index contributed by atoms with van der Waals surface area (Å²) in [6.45, 7) is 0. The molecule has 0 aliphatic carbocycles. The number of ether oxygens (including phenoxy) is 1. The van der Waals surface area contributed by atoms with E-state index < -0.39 is 0 Å². The second-order valence-electron chi connectivity index (χ2n) is 2.55. The number of benzene rings is 1. The van der Waals surface area contributed by atoms with Gasteiger partial charge in [-0.2, -0.15) is 0 Å². The summed E-state index contributed by atoms with van der Waals surface area (Å²) in [4.78, 5) is 11.0. The van der Waals surface area contributed by atoms with Crippen LogP contribution in [-0.2, 0) is 0 Å². The smallest absolute Gasteiger partial charge is 0.318 e. The van der Waals surface area contributed by atoms with Gasteiger partial charge in [0.15, 0.2) is 0 Å². The molecule has 14 heavy (non-hydrogen) atoms. The number of carbonyl (C=O) groups excluding carboxylic acids is 1. The van der Waals surface area contributed by atoms with Gasteiger partial charge in [-0.25, -0.2) is 4.79 Å². The lowest BCUT2D eigenvalue weighted by atomic mass is 10.3. The molecule has 4 nitrogen and oxygen atoms in total. The number of halogens is 1. The lowest BCUT2D eigenvalue weighted by Crippen LogP contribution is -2.24. The Morgan fingerprint density at radius 1 is 1.50 bits per heavy atom. The molecule has 0 spiro atoms. The highest BCUT2D eigenvalue weighted by atomic mass is 79.9. The lowest BCUT2D eigenvalue weighted by Gasteiger charge is -2.07. The monoisotopic (exact) mass is 258 g/mol. The Balaban J connectivity index is 2.81. The van der Waals surface area contributed by atoms with Gasteiger partial charge in [-0.3, -0.25) is 0 Å². The summed E-state index contributed by atoms with van der Waals surface area (Å²) >= 11 is 3.32. The molecule has 0 saturated carbocycles. The highest BCUT2D eigenvalue weighted by Crippen LogP contribution is 2.27. The first-order valence-corrected chi connectivity index (χ1v) is 4.79. The third-order valence-electron chi connectivity index (χ3n) is 1.64. The molecule has 0 fully saturated rings. The minimum Gasteiger partial charge on any atom is -0.496 e. The largest absolute Gasteiger partial charge is 0.496 e. The maximum atomic E-state index is 11.0. The van der Waals surface area contributed by atoms with E-state index in [9.17, 15) is 4.79 Å². The molecule has 2 amide bonds. The number of urea groups is 1. The topological polar surface area (TPSA) is 50.4 Å². The molecule has 0 heterocycles. The van der Waals surface area contributed by atoms with Gasteiger partial charge >= 0.3 is 6.03 Å². The van der Waals surface area contributed by atoms with Crippen LogP contribution < -0.4 is 15.4 Å². The average molecular weight is 259 g/mol. The van der Waals surface area contributed by atoms with Crippen LogP contribution in [0, 0.1) is 0 Å². The van der Waals surface area contributed by atoms with Crippen molar-refractivity contribution in [2.24, 2.45) is 0 Å². The predicted molar refractivity (Wildman–Crippen MR) is 58.8 cm³/mol. The molecule has 2 N–H and O–H groups in total. The second kappa shape index (κ2) is 4.85. The molecule has 1 rings (SSSR count). The summed E-state index contributed by atoms with van der Waals surface area (Å²) in [5.41, 5.74) is 0.706. The van der Waals surface area contributed by atoms with Crippen molar-refractivity contribution in [3.8, 4) is 5.75 Å². The minimum atomic E-state index is -0.248. The first-order valence-electron chi connectivity index (χ1n) is 3.99. The van der Waals surface area contributed by atoms with Crippen LogP contribution in [0.25, 0.3) is 0 Å². The number of anilines is 1.